The van der Waals surface area contributed by atoms with Gasteiger partial charge in [-0.25, -0.2) is 4.39 Å². The van der Waals surface area contributed by atoms with E-state index < -0.39 is 0 Å². The van der Waals surface area contributed by atoms with Gasteiger partial charge in [-0.15, -0.1) is 0 Å². The van der Waals surface area contributed by atoms with E-state index >= 15 is 0 Å². The van der Waals surface area contributed by atoms with Gasteiger partial charge in [-0.3, -0.25) is 0 Å². The second-order valence-corrected chi connectivity index (χ2v) is 6.58. The molecule has 0 aliphatic carbocycles. The van der Waals surface area contributed by atoms with Gasteiger partial charge in [0.05, 0.1) is 4.83 Å². The minimum absolute atomic E-state index is 0.149. The first-order valence-corrected chi connectivity index (χ1v) is 7.78. The van der Waals surface area contributed by atoms with Crippen LogP contribution in [-0.2, 0) is 0 Å². The summed E-state index contributed by atoms with van der Waals surface area (Å²) in [6.07, 6.45) is 0. The van der Waals surface area contributed by atoms with Crippen LogP contribution in [0.15, 0.2) is 34.8 Å². The summed E-state index contributed by atoms with van der Waals surface area (Å²) in [5, 5.41) is 0. The van der Waals surface area contributed by atoms with Gasteiger partial charge in [-0.05, 0) is 49.6 Å². The van der Waals surface area contributed by atoms with Crippen LogP contribution in [0.5, 0.6) is 0 Å². The number of hydrogen-bond acceptors (Lipinski definition) is 0. The van der Waals surface area contributed by atoms with E-state index in [1.165, 1.54) is 22.8 Å². The highest BCUT2D eigenvalue weighted by molar-refractivity contribution is 9.11. The molecule has 0 bridgehead atoms. The Kier molecular flexibility index (Phi) is 4.46. The summed E-state index contributed by atoms with van der Waals surface area (Å²) in [5.41, 5.74) is 5.36. The maximum Gasteiger partial charge on any atom is 0.129 e. The van der Waals surface area contributed by atoms with Gasteiger partial charge < -0.3 is 0 Å². The molecule has 1 atom stereocenters. The molecule has 0 nitrogen and oxygen atoms in total. The van der Waals surface area contributed by atoms with Crippen LogP contribution in [0.2, 0.25) is 0 Å². The predicted molar refractivity (Wildman–Crippen MR) is 85.5 cm³/mol. The van der Waals surface area contributed by atoms with Crippen LogP contribution in [-0.4, -0.2) is 0 Å². The average molecular weight is 386 g/mol. The lowest BCUT2D eigenvalue weighted by Gasteiger charge is -2.19. The van der Waals surface area contributed by atoms with Gasteiger partial charge in [0.25, 0.3) is 0 Å². The van der Waals surface area contributed by atoms with Gasteiger partial charge >= 0.3 is 0 Å². The molecule has 0 aliphatic rings. The maximum absolute atomic E-state index is 14.1. The van der Waals surface area contributed by atoms with Crippen LogP contribution in [0.4, 0.5) is 4.39 Å². The van der Waals surface area contributed by atoms with Crippen molar-refractivity contribution in [1.29, 1.82) is 0 Å². The quantitative estimate of drug-likeness (QED) is 0.556. The number of benzene rings is 2. The van der Waals surface area contributed by atoms with Crippen molar-refractivity contribution in [2.45, 2.75) is 25.6 Å². The SMILES string of the molecule is Cc1cc(C)c(C(Br)c2c(F)cccc2Br)c(C)c1. The summed E-state index contributed by atoms with van der Waals surface area (Å²) >= 11 is 7.09. The molecule has 0 spiro atoms. The normalized spacial score (nSPS) is 12.5. The Morgan fingerprint density at radius 3 is 2.11 bits per heavy atom. The van der Waals surface area contributed by atoms with Crippen LogP contribution in [0, 0.1) is 26.6 Å². The van der Waals surface area contributed by atoms with E-state index in [0.717, 1.165) is 10.0 Å². The third kappa shape index (κ3) is 2.92. The summed E-state index contributed by atoms with van der Waals surface area (Å²) in [6.45, 7) is 6.21. The fourth-order valence-electron chi connectivity index (χ4n) is 2.49. The third-order valence-corrected chi connectivity index (χ3v) is 4.85. The summed E-state index contributed by atoms with van der Waals surface area (Å²) in [7, 11) is 0. The molecule has 0 saturated heterocycles. The molecule has 1 unspecified atom stereocenters. The molecule has 2 rings (SSSR count). The van der Waals surface area contributed by atoms with Gasteiger partial charge in [0.2, 0.25) is 0 Å². The summed E-state index contributed by atoms with van der Waals surface area (Å²) in [4.78, 5) is -0.149. The molecule has 0 radical (unpaired) electrons. The summed E-state index contributed by atoms with van der Waals surface area (Å²) < 4.78 is 14.9. The lowest BCUT2D eigenvalue weighted by molar-refractivity contribution is 0.612. The van der Waals surface area contributed by atoms with Crippen LogP contribution in [0.3, 0.4) is 0 Å². The van der Waals surface area contributed by atoms with Crippen molar-refractivity contribution in [2.24, 2.45) is 0 Å². The highest BCUT2D eigenvalue weighted by atomic mass is 79.9. The van der Waals surface area contributed by atoms with Gasteiger partial charge in [0, 0.05) is 10.0 Å². The highest BCUT2D eigenvalue weighted by Gasteiger charge is 2.21. The Hall–Kier alpha value is -0.670. The molecule has 0 aromatic heterocycles. The van der Waals surface area contributed by atoms with Gasteiger partial charge in [-0.2, -0.15) is 0 Å². The lowest BCUT2D eigenvalue weighted by atomic mass is 9.94. The second-order valence-electron chi connectivity index (χ2n) is 4.81. The van der Waals surface area contributed by atoms with E-state index in [1.807, 2.05) is 6.07 Å². The topological polar surface area (TPSA) is 0 Å². The summed E-state index contributed by atoms with van der Waals surface area (Å²) in [6, 6.07) is 9.33. The van der Waals surface area contributed by atoms with E-state index in [2.05, 4.69) is 64.8 Å². The van der Waals surface area contributed by atoms with Crippen molar-refractivity contribution in [1.82, 2.24) is 0 Å². The molecule has 100 valence electrons. The number of alkyl halides is 1. The maximum atomic E-state index is 14.1. The lowest BCUT2D eigenvalue weighted by Crippen LogP contribution is -2.03. The number of rotatable bonds is 2. The molecule has 0 N–H and O–H groups in total. The van der Waals surface area contributed by atoms with Crippen molar-refractivity contribution in [3.63, 3.8) is 0 Å². The van der Waals surface area contributed by atoms with Gasteiger partial charge in [-0.1, -0.05) is 55.6 Å². The predicted octanol–water partition coefficient (Wildman–Crippen LogP) is 6.00. The van der Waals surface area contributed by atoms with Crippen LogP contribution in [0.1, 0.15) is 32.6 Å². The molecule has 3 heteroatoms. The Morgan fingerprint density at radius 1 is 1.00 bits per heavy atom. The average Bonchev–Trinajstić information content (AvgIpc) is 2.26. The third-order valence-electron chi connectivity index (χ3n) is 3.24. The van der Waals surface area contributed by atoms with E-state index in [1.54, 1.807) is 6.07 Å². The van der Waals surface area contributed by atoms with Crippen molar-refractivity contribution in [3.8, 4) is 0 Å². The van der Waals surface area contributed by atoms with Crippen molar-refractivity contribution in [3.05, 3.63) is 68.4 Å². The molecule has 19 heavy (non-hydrogen) atoms. The van der Waals surface area contributed by atoms with Crippen LogP contribution in [0.25, 0.3) is 0 Å². The largest absolute Gasteiger partial charge is 0.207 e. The highest BCUT2D eigenvalue weighted by Crippen LogP contribution is 2.40. The Bertz CT molecular complexity index is 577. The summed E-state index contributed by atoms with van der Waals surface area (Å²) in [5.74, 6) is -0.198. The molecule has 0 amide bonds. The first-order valence-electron chi connectivity index (χ1n) is 6.07. The minimum atomic E-state index is -0.198. The fraction of sp³-hybridized carbons (Fsp3) is 0.250. The Morgan fingerprint density at radius 2 is 1.58 bits per heavy atom. The molecule has 0 saturated carbocycles. The first kappa shape index (κ1) is 14.7. The van der Waals surface area contributed by atoms with E-state index in [0.29, 0.717) is 5.56 Å². The van der Waals surface area contributed by atoms with Gasteiger partial charge in [0.15, 0.2) is 0 Å². The smallest absolute Gasteiger partial charge is 0.129 e. The monoisotopic (exact) mass is 384 g/mol. The zero-order chi connectivity index (χ0) is 14.2. The Balaban J connectivity index is 2.60. The molecule has 2 aromatic rings. The molecule has 0 heterocycles. The number of halogens is 3. The van der Waals surface area contributed by atoms with E-state index in [9.17, 15) is 4.39 Å². The van der Waals surface area contributed by atoms with E-state index in [-0.39, 0.29) is 10.6 Å². The number of hydrogen-bond donors (Lipinski definition) is 0. The standard InChI is InChI=1S/C16H15Br2F/c1-9-7-10(2)14(11(3)8-9)16(18)15-12(17)5-4-6-13(15)19/h4-8,16H,1-3H3. The Labute approximate surface area is 130 Å². The van der Waals surface area contributed by atoms with Crippen molar-refractivity contribution >= 4 is 31.9 Å². The first-order chi connectivity index (χ1) is 8.91. The number of aryl methyl sites for hydroxylation is 3. The second kappa shape index (κ2) is 5.76. The molecular formula is C16H15Br2F. The fourth-order valence-corrected chi connectivity index (χ4v) is 4.55. The van der Waals surface area contributed by atoms with Crippen molar-refractivity contribution in [2.75, 3.05) is 0 Å². The minimum Gasteiger partial charge on any atom is -0.207 e. The van der Waals surface area contributed by atoms with Gasteiger partial charge in [0.1, 0.15) is 5.82 Å². The van der Waals surface area contributed by atoms with Crippen LogP contribution >= 0.6 is 31.9 Å². The molecule has 0 aliphatic heterocycles. The van der Waals surface area contributed by atoms with E-state index in [4.69, 9.17) is 0 Å². The molecule has 0 fully saturated rings. The zero-order valence-electron chi connectivity index (χ0n) is 11.1. The zero-order valence-corrected chi connectivity index (χ0v) is 14.3. The van der Waals surface area contributed by atoms with Crippen molar-refractivity contribution < 1.29 is 4.39 Å². The molecule has 2 aromatic carbocycles. The molecular weight excluding hydrogens is 371 g/mol. The van der Waals surface area contributed by atoms with Crippen LogP contribution < -0.4 is 0 Å².